The fourth-order valence-electron chi connectivity index (χ4n) is 0.860. The summed E-state index contributed by atoms with van der Waals surface area (Å²) in [5.74, 6) is -0.254. The number of hydrogen-bond acceptors (Lipinski definition) is 1. The first-order valence-electron chi connectivity index (χ1n) is 3.50. The van der Waals surface area contributed by atoms with E-state index in [-0.39, 0.29) is 5.83 Å². The fourth-order valence-corrected chi connectivity index (χ4v) is 1.33. The molecule has 1 nitrogen and oxygen atoms in total. The minimum atomic E-state index is -0.254. The largest absolute Gasteiger partial charge is 0.322 e. The normalized spacial score (nSPS) is 18.2. The minimum Gasteiger partial charge on any atom is -0.322 e. The third-order valence-electron chi connectivity index (χ3n) is 1.47. The molecule has 0 aromatic rings. The summed E-state index contributed by atoms with van der Waals surface area (Å²) in [7, 11) is 0. The summed E-state index contributed by atoms with van der Waals surface area (Å²) < 4.78 is 13.8. The maximum atomic E-state index is 13.2. The number of nitrogens with zero attached hydrogens (tertiary/aromatic N) is 1. The molecule has 0 fully saturated rings. The van der Waals surface area contributed by atoms with Crippen LogP contribution in [0, 0.1) is 0 Å². The molecule has 0 aromatic heterocycles. The standard InChI is InChI=1S/C9H9FIN/c1-3-5-12-6-4-8(11)9(10)7(12)2/h3-6H,2H2,1H3/b5-3-. The average Bonchev–Trinajstić information content (AvgIpc) is 2.07. The fraction of sp³-hybridized carbons (Fsp3) is 0.111. The van der Waals surface area contributed by atoms with Gasteiger partial charge >= 0.3 is 0 Å². The summed E-state index contributed by atoms with van der Waals surface area (Å²) in [4.78, 5) is 1.65. The molecule has 0 saturated heterocycles. The van der Waals surface area contributed by atoms with E-state index >= 15 is 0 Å². The molecule has 0 atom stereocenters. The molecule has 1 rings (SSSR count). The van der Waals surface area contributed by atoms with Crippen LogP contribution in [-0.4, -0.2) is 4.90 Å². The van der Waals surface area contributed by atoms with E-state index in [9.17, 15) is 4.39 Å². The topological polar surface area (TPSA) is 3.24 Å². The van der Waals surface area contributed by atoms with E-state index in [1.807, 2.05) is 35.6 Å². The summed E-state index contributed by atoms with van der Waals surface area (Å²) in [6, 6.07) is 0. The SMILES string of the molecule is C=C1C(F)=C(I)C=CN1/C=C\C. The van der Waals surface area contributed by atoms with Crippen molar-refractivity contribution in [2.24, 2.45) is 0 Å². The van der Waals surface area contributed by atoms with Crippen LogP contribution in [0.2, 0.25) is 0 Å². The number of halogens is 2. The van der Waals surface area contributed by atoms with E-state index in [1.54, 1.807) is 23.4 Å². The molecule has 0 unspecified atom stereocenters. The first-order valence-corrected chi connectivity index (χ1v) is 4.58. The molecular formula is C9H9FIN. The van der Waals surface area contributed by atoms with Gasteiger partial charge in [-0.05, 0) is 35.6 Å². The zero-order valence-electron chi connectivity index (χ0n) is 6.72. The molecule has 0 bridgehead atoms. The smallest absolute Gasteiger partial charge is 0.159 e. The van der Waals surface area contributed by atoms with Gasteiger partial charge in [0.05, 0.1) is 9.28 Å². The molecule has 0 aliphatic carbocycles. The zero-order chi connectivity index (χ0) is 9.14. The van der Waals surface area contributed by atoms with Gasteiger partial charge in [0.1, 0.15) is 0 Å². The van der Waals surface area contributed by atoms with Gasteiger partial charge in [0.15, 0.2) is 5.83 Å². The first-order chi connectivity index (χ1) is 5.66. The van der Waals surface area contributed by atoms with Crippen LogP contribution in [0.5, 0.6) is 0 Å². The second kappa shape index (κ2) is 3.89. The van der Waals surface area contributed by atoms with Crippen LogP contribution in [0.1, 0.15) is 6.92 Å². The van der Waals surface area contributed by atoms with E-state index in [0.717, 1.165) is 0 Å². The summed E-state index contributed by atoms with van der Waals surface area (Å²) >= 11 is 1.94. The highest BCUT2D eigenvalue weighted by Crippen LogP contribution is 2.28. The number of allylic oxidation sites excluding steroid dienone is 4. The quantitative estimate of drug-likeness (QED) is 0.663. The molecule has 0 amide bonds. The van der Waals surface area contributed by atoms with Gasteiger partial charge in [0, 0.05) is 12.4 Å². The number of hydrogen-bond donors (Lipinski definition) is 0. The van der Waals surface area contributed by atoms with Crippen LogP contribution >= 0.6 is 22.6 Å². The van der Waals surface area contributed by atoms with Crippen molar-refractivity contribution < 1.29 is 4.39 Å². The van der Waals surface area contributed by atoms with Crippen molar-refractivity contribution in [1.29, 1.82) is 0 Å². The van der Waals surface area contributed by atoms with Crippen LogP contribution in [0.25, 0.3) is 0 Å². The van der Waals surface area contributed by atoms with Crippen LogP contribution in [0.4, 0.5) is 4.39 Å². The molecular weight excluding hydrogens is 268 g/mol. The van der Waals surface area contributed by atoms with Crippen molar-refractivity contribution in [1.82, 2.24) is 4.90 Å². The van der Waals surface area contributed by atoms with Crippen molar-refractivity contribution in [3.05, 3.63) is 46.2 Å². The lowest BCUT2D eigenvalue weighted by Gasteiger charge is -2.20. The minimum absolute atomic E-state index is 0.254. The highest BCUT2D eigenvalue weighted by atomic mass is 127. The Hall–Kier alpha value is -0.580. The van der Waals surface area contributed by atoms with Gasteiger partial charge < -0.3 is 4.90 Å². The molecule has 0 aromatic carbocycles. The Balaban J connectivity index is 2.92. The predicted molar refractivity (Wildman–Crippen MR) is 57.1 cm³/mol. The molecule has 3 heteroatoms. The third-order valence-corrected chi connectivity index (χ3v) is 2.30. The monoisotopic (exact) mass is 277 g/mol. The Kier molecular flexibility index (Phi) is 3.08. The Morgan fingerprint density at radius 3 is 2.92 bits per heavy atom. The second-order valence-electron chi connectivity index (χ2n) is 2.31. The van der Waals surface area contributed by atoms with E-state index in [4.69, 9.17) is 0 Å². The first kappa shape index (κ1) is 9.51. The third kappa shape index (κ3) is 1.77. The van der Waals surface area contributed by atoms with Gasteiger partial charge in [-0.2, -0.15) is 0 Å². The lowest BCUT2D eigenvalue weighted by molar-refractivity contribution is 0.542. The lowest BCUT2D eigenvalue weighted by Crippen LogP contribution is -2.11. The molecule has 64 valence electrons. The van der Waals surface area contributed by atoms with Crippen molar-refractivity contribution in [3.63, 3.8) is 0 Å². The van der Waals surface area contributed by atoms with Crippen LogP contribution in [0.15, 0.2) is 46.2 Å². The van der Waals surface area contributed by atoms with Gasteiger partial charge in [-0.1, -0.05) is 12.7 Å². The van der Waals surface area contributed by atoms with Crippen molar-refractivity contribution in [2.75, 3.05) is 0 Å². The highest BCUT2D eigenvalue weighted by Gasteiger charge is 2.14. The highest BCUT2D eigenvalue weighted by molar-refractivity contribution is 14.1. The summed E-state index contributed by atoms with van der Waals surface area (Å²) in [6.07, 6.45) is 7.10. The molecule has 1 aliphatic heterocycles. The van der Waals surface area contributed by atoms with E-state index in [2.05, 4.69) is 6.58 Å². The Morgan fingerprint density at radius 2 is 2.33 bits per heavy atom. The molecule has 0 saturated carbocycles. The van der Waals surface area contributed by atoms with Crippen molar-refractivity contribution in [3.8, 4) is 0 Å². The molecule has 1 heterocycles. The molecule has 1 aliphatic rings. The molecule has 12 heavy (non-hydrogen) atoms. The molecule has 0 spiro atoms. The molecule has 0 N–H and O–H groups in total. The van der Waals surface area contributed by atoms with Gasteiger partial charge in [-0.3, -0.25) is 0 Å². The summed E-state index contributed by atoms with van der Waals surface area (Å²) in [5, 5.41) is 0. The Labute approximate surface area is 85.1 Å². The van der Waals surface area contributed by atoms with E-state index in [1.165, 1.54) is 0 Å². The van der Waals surface area contributed by atoms with Crippen LogP contribution in [0.3, 0.4) is 0 Å². The maximum Gasteiger partial charge on any atom is 0.159 e. The van der Waals surface area contributed by atoms with Crippen molar-refractivity contribution >= 4 is 22.6 Å². The summed E-state index contributed by atoms with van der Waals surface area (Å²) in [5.41, 5.74) is 0.389. The van der Waals surface area contributed by atoms with Gasteiger partial charge in [0.25, 0.3) is 0 Å². The number of rotatable bonds is 1. The Bertz CT molecular complexity index is 289. The van der Waals surface area contributed by atoms with Crippen molar-refractivity contribution in [2.45, 2.75) is 6.92 Å². The average molecular weight is 277 g/mol. The van der Waals surface area contributed by atoms with Gasteiger partial charge in [-0.15, -0.1) is 0 Å². The zero-order valence-corrected chi connectivity index (χ0v) is 8.88. The van der Waals surface area contributed by atoms with Crippen LogP contribution < -0.4 is 0 Å². The molecule has 0 radical (unpaired) electrons. The van der Waals surface area contributed by atoms with E-state index < -0.39 is 0 Å². The Morgan fingerprint density at radius 1 is 1.67 bits per heavy atom. The second-order valence-corrected chi connectivity index (χ2v) is 3.48. The van der Waals surface area contributed by atoms with Gasteiger partial charge in [0.2, 0.25) is 0 Å². The van der Waals surface area contributed by atoms with Gasteiger partial charge in [-0.25, -0.2) is 4.39 Å². The predicted octanol–water partition coefficient (Wildman–Crippen LogP) is 3.48. The van der Waals surface area contributed by atoms with Crippen LogP contribution in [-0.2, 0) is 0 Å². The summed E-state index contributed by atoms with van der Waals surface area (Å²) in [6.45, 7) is 5.51. The lowest BCUT2D eigenvalue weighted by atomic mass is 10.3. The maximum absolute atomic E-state index is 13.2. The van der Waals surface area contributed by atoms with E-state index in [0.29, 0.717) is 9.28 Å².